The van der Waals surface area contributed by atoms with Crippen LogP contribution in [0.1, 0.15) is 0 Å². The summed E-state index contributed by atoms with van der Waals surface area (Å²) in [4.78, 5) is 10.5. The van der Waals surface area contributed by atoms with Crippen LogP contribution in [0.25, 0.3) is 0 Å². The molecule has 0 aromatic heterocycles. The smallest absolute Gasteiger partial charge is 0.248 e. The lowest BCUT2D eigenvalue weighted by Gasteiger charge is -2.10. The first-order valence-electron chi connectivity index (χ1n) is 8.36. The summed E-state index contributed by atoms with van der Waals surface area (Å²) in [5.74, 6) is -0.743. The van der Waals surface area contributed by atoms with Crippen LogP contribution in [0.2, 0.25) is 0 Å². The van der Waals surface area contributed by atoms with E-state index in [2.05, 4.69) is 10.6 Å². The molecule has 0 radical (unpaired) electrons. The normalized spacial score (nSPS) is 12.3. The van der Waals surface area contributed by atoms with Gasteiger partial charge in [0.2, 0.25) is 5.91 Å². The molecule has 0 bridgehead atoms. The lowest BCUT2D eigenvalue weighted by atomic mass is 10.2. The Labute approximate surface area is 158 Å². The molecule has 2 aromatic carbocycles. The number of carbonyl (C=O) groups is 1. The molecule has 12 N–H and O–H groups in total. The number of aliphatic hydroxyl groups is 2. The molecule has 0 spiro atoms. The van der Waals surface area contributed by atoms with Crippen LogP contribution >= 0.6 is 0 Å². The van der Waals surface area contributed by atoms with Gasteiger partial charge in [-0.15, -0.1) is 0 Å². The molecule has 0 aliphatic carbocycles. The molecule has 0 saturated heterocycles. The van der Waals surface area contributed by atoms with Crippen LogP contribution in [0.3, 0.4) is 0 Å². The van der Waals surface area contributed by atoms with Crippen LogP contribution < -0.4 is 33.6 Å². The molecule has 2 unspecified atom stereocenters. The highest BCUT2D eigenvalue weighted by Gasteiger charge is 2.09. The molecule has 1 amide bonds. The number of hydrogen-bond acceptors (Lipinski definition) is 8. The molecule has 9 heteroatoms. The third kappa shape index (κ3) is 9.31. The number of primary amides is 1. The van der Waals surface area contributed by atoms with Gasteiger partial charge < -0.3 is 43.8 Å². The van der Waals surface area contributed by atoms with Crippen LogP contribution in [0, 0.1) is 0 Å². The number of anilines is 4. The summed E-state index contributed by atoms with van der Waals surface area (Å²) in [6.45, 7) is 0.821. The molecule has 0 heterocycles. The maximum absolute atomic E-state index is 10.5. The zero-order chi connectivity index (χ0) is 20.2. The minimum atomic E-state index is -1.17. The number of nitrogen functional groups attached to an aromatic ring is 2. The fourth-order valence-corrected chi connectivity index (χ4v) is 1.84. The van der Waals surface area contributed by atoms with Crippen molar-refractivity contribution in [3.8, 4) is 0 Å². The maximum atomic E-state index is 10.5. The molecule has 0 fully saturated rings. The summed E-state index contributed by atoms with van der Waals surface area (Å²) in [6, 6.07) is 14.3. The molecule has 9 nitrogen and oxygen atoms in total. The van der Waals surface area contributed by atoms with Crippen molar-refractivity contribution in [2.75, 3.05) is 41.7 Å². The number of nitrogens with one attached hydrogen (secondary N) is 2. The molecule has 0 saturated carbocycles. The van der Waals surface area contributed by atoms with Crippen molar-refractivity contribution in [2.24, 2.45) is 11.5 Å². The highest BCUT2D eigenvalue weighted by atomic mass is 16.3. The molecule has 27 heavy (non-hydrogen) atoms. The second-order valence-electron chi connectivity index (χ2n) is 5.81. The standard InChI is InChI=1S/C9H13N3O2.C9H15N3O/c10-6-1-3-7(4-2-6)12-5-8(13)9(11)14;10-5-9(13)6-12-8-3-1-7(11)2-4-8/h1-4,8,12-13H,5,10H2,(H2,11,14);1-4,9,12-13H,5-6,10-11H2. The minimum Gasteiger partial charge on any atom is -0.399 e. The second-order valence-corrected chi connectivity index (χ2v) is 5.81. The monoisotopic (exact) mass is 376 g/mol. The third-order valence-electron chi connectivity index (χ3n) is 3.46. The van der Waals surface area contributed by atoms with E-state index in [9.17, 15) is 4.79 Å². The van der Waals surface area contributed by atoms with Gasteiger partial charge in [0.25, 0.3) is 0 Å². The number of rotatable bonds is 8. The van der Waals surface area contributed by atoms with Crippen molar-refractivity contribution in [1.29, 1.82) is 0 Å². The minimum absolute atomic E-state index is 0.0965. The van der Waals surface area contributed by atoms with Crippen LogP contribution in [-0.2, 0) is 4.79 Å². The first-order valence-corrected chi connectivity index (χ1v) is 8.36. The van der Waals surface area contributed by atoms with Crippen molar-refractivity contribution >= 4 is 28.7 Å². The van der Waals surface area contributed by atoms with Crippen LogP contribution in [0.4, 0.5) is 22.7 Å². The van der Waals surface area contributed by atoms with Crippen molar-refractivity contribution in [2.45, 2.75) is 12.2 Å². The van der Waals surface area contributed by atoms with Gasteiger partial charge in [0, 0.05) is 42.4 Å². The molecular weight excluding hydrogens is 348 g/mol. The summed E-state index contributed by atoms with van der Waals surface area (Å²) in [5, 5.41) is 24.1. The number of amides is 1. The first-order chi connectivity index (χ1) is 12.8. The van der Waals surface area contributed by atoms with Gasteiger partial charge in [-0.3, -0.25) is 4.79 Å². The highest BCUT2D eigenvalue weighted by Crippen LogP contribution is 2.10. The van der Waals surface area contributed by atoms with E-state index in [1.54, 1.807) is 36.4 Å². The first kappa shape index (κ1) is 22.0. The quantitative estimate of drug-likeness (QED) is 0.284. The fourth-order valence-electron chi connectivity index (χ4n) is 1.84. The van der Waals surface area contributed by atoms with Crippen LogP contribution in [0.15, 0.2) is 48.5 Å². The second kappa shape index (κ2) is 11.6. The maximum Gasteiger partial charge on any atom is 0.248 e. The van der Waals surface area contributed by atoms with Gasteiger partial charge in [-0.25, -0.2) is 0 Å². The van der Waals surface area contributed by atoms with Gasteiger partial charge in [0.15, 0.2) is 0 Å². The average Bonchev–Trinajstić information content (AvgIpc) is 2.67. The zero-order valence-corrected chi connectivity index (χ0v) is 15.0. The van der Waals surface area contributed by atoms with E-state index in [1.165, 1.54) is 0 Å². The van der Waals surface area contributed by atoms with Crippen molar-refractivity contribution in [1.82, 2.24) is 0 Å². The zero-order valence-electron chi connectivity index (χ0n) is 15.0. The number of benzene rings is 2. The predicted octanol–water partition coefficient (Wildman–Crippen LogP) is -0.473. The Morgan fingerprint density at radius 3 is 1.63 bits per heavy atom. The Balaban J connectivity index is 0.000000271. The molecule has 0 aliphatic rings. The average molecular weight is 376 g/mol. The van der Waals surface area contributed by atoms with Gasteiger partial charge in [-0.05, 0) is 48.5 Å². The van der Waals surface area contributed by atoms with E-state index in [4.69, 9.17) is 33.1 Å². The van der Waals surface area contributed by atoms with E-state index in [1.807, 2.05) is 12.1 Å². The number of nitrogens with two attached hydrogens (primary N) is 4. The number of hydrogen-bond donors (Lipinski definition) is 8. The van der Waals surface area contributed by atoms with E-state index < -0.39 is 18.1 Å². The number of aliphatic hydroxyl groups excluding tert-OH is 2. The fraction of sp³-hybridized carbons (Fsp3) is 0.278. The van der Waals surface area contributed by atoms with E-state index in [0.29, 0.717) is 12.2 Å². The van der Waals surface area contributed by atoms with E-state index >= 15 is 0 Å². The molecule has 148 valence electrons. The summed E-state index contributed by atoms with van der Waals surface area (Å²) in [7, 11) is 0. The summed E-state index contributed by atoms with van der Waals surface area (Å²) >= 11 is 0. The number of carbonyl (C=O) groups excluding carboxylic acids is 1. The van der Waals surface area contributed by atoms with E-state index in [-0.39, 0.29) is 13.1 Å². The van der Waals surface area contributed by atoms with Crippen LogP contribution in [-0.4, -0.2) is 48.0 Å². The largest absolute Gasteiger partial charge is 0.399 e. The van der Waals surface area contributed by atoms with Gasteiger partial charge in [-0.1, -0.05) is 0 Å². The SMILES string of the molecule is NC(=O)C(O)CNc1ccc(N)cc1.NCC(O)CNc1ccc(N)cc1. The lowest BCUT2D eigenvalue weighted by molar-refractivity contribution is -0.125. The Bertz CT molecular complexity index is 679. The molecular formula is C18H28N6O3. The van der Waals surface area contributed by atoms with Gasteiger partial charge in [0.1, 0.15) is 6.10 Å². The molecule has 2 aromatic rings. The Morgan fingerprint density at radius 1 is 0.852 bits per heavy atom. The predicted molar refractivity (Wildman–Crippen MR) is 109 cm³/mol. The summed E-state index contributed by atoms with van der Waals surface area (Å²) < 4.78 is 0. The van der Waals surface area contributed by atoms with Gasteiger partial charge in [0.05, 0.1) is 6.10 Å². The van der Waals surface area contributed by atoms with Crippen molar-refractivity contribution in [3.05, 3.63) is 48.5 Å². The topological polar surface area (TPSA) is 186 Å². The molecule has 0 aliphatic heterocycles. The Morgan fingerprint density at radius 2 is 1.26 bits per heavy atom. The summed E-state index contributed by atoms with van der Waals surface area (Å²) in [5.41, 5.74) is 24.2. The van der Waals surface area contributed by atoms with Crippen molar-refractivity contribution < 1.29 is 15.0 Å². The summed E-state index contributed by atoms with van der Waals surface area (Å²) in [6.07, 6.45) is -1.68. The van der Waals surface area contributed by atoms with Gasteiger partial charge in [-0.2, -0.15) is 0 Å². The highest BCUT2D eigenvalue weighted by molar-refractivity contribution is 5.79. The van der Waals surface area contributed by atoms with Gasteiger partial charge >= 0.3 is 0 Å². The third-order valence-corrected chi connectivity index (χ3v) is 3.46. The van der Waals surface area contributed by atoms with Crippen LogP contribution in [0.5, 0.6) is 0 Å². The van der Waals surface area contributed by atoms with Crippen molar-refractivity contribution in [3.63, 3.8) is 0 Å². The Kier molecular flexibility index (Phi) is 9.45. The molecule has 2 atom stereocenters. The lowest BCUT2D eigenvalue weighted by Crippen LogP contribution is -2.34. The Hall–Kier alpha value is -3.01. The van der Waals surface area contributed by atoms with E-state index in [0.717, 1.165) is 17.1 Å². The molecule has 2 rings (SSSR count).